The number of benzene rings is 1. The Morgan fingerprint density at radius 3 is 2.56 bits per heavy atom. The number of rotatable bonds is 4. The topological polar surface area (TPSA) is 72.4 Å². The van der Waals surface area contributed by atoms with Gasteiger partial charge in [-0.15, -0.1) is 0 Å². The second-order valence-corrected chi connectivity index (χ2v) is 8.40. The van der Waals surface area contributed by atoms with E-state index in [1.165, 1.54) is 10.6 Å². The van der Waals surface area contributed by atoms with Gasteiger partial charge in [-0.25, -0.2) is 18.4 Å². The van der Waals surface area contributed by atoms with Gasteiger partial charge in [-0.3, -0.25) is 0 Å². The molecule has 1 unspecified atom stereocenters. The Morgan fingerprint density at radius 1 is 1.20 bits per heavy atom. The van der Waals surface area contributed by atoms with E-state index in [-0.39, 0.29) is 6.10 Å². The van der Waals surface area contributed by atoms with E-state index in [9.17, 15) is 8.42 Å². The summed E-state index contributed by atoms with van der Waals surface area (Å²) in [5.74, 6) is 0.474. The van der Waals surface area contributed by atoms with E-state index in [0.29, 0.717) is 23.9 Å². The van der Waals surface area contributed by atoms with Crippen molar-refractivity contribution in [1.82, 2.24) is 14.3 Å². The first kappa shape index (κ1) is 17.8. The van der Waals surface area contributed by atoms with Crippen LogP contribution in [0.3, 0.4) is 0 Å². The normalized spacial score (nSPS) is 18.9. The first-order valence-corrected chi connectivity index (χ1v) is 9.82. The minimum absolute atomic E-state index is 0.204. The Kier molecular flexibility index (Phi) is 5.06. The molecule has 7 heteroatoms. The first-order valence-electron chi connectivity index (χ1n) is 8.38. The van der Waals surface area contributed by atoms with E-state index in [1.54, 1.807) is 12.3 Å². The number of nitrogens with zero attached hydrogens (tertiary/aromatic N) is 3. The summed E-state index contributed by atoms with van der Waals surface area (Å²) in [5, 5.41) is 0. The average molecular weight is 361 g/mol. The Balaban J connectivity index is 1.83. The first-order chi connectivity index (χ1) is 11.9. The fraction of sp³-hybridized carbons (Fsp3) is 0.444. The van der Waals surface area contributed by atoms with Crippen molar-refractivity contribution in [2.45, 2.75) is 44.6 Å². The molecular formula is C18H23N3O3S. The van der Waals surface area contributed by atoms with E-state index in [1.807, 2.05) is 32.9 Å². The van der Waals surface area contributed by atoms with Crippen LogP contribution in [0.2, 0.25) is 0 Å². The van der Waals surface area contributed by atoms with Crippen LogP contribution < -0.4 is 4.74 Å². The van der Waals surface area contributed by atoms with Crippen molar-refractivity contribution in [1.29, 1.82) is 0 Å². The lowest BCUT2D eigenvalue weighted by atomic mass is 10.1. The van der Waals surface area contributed by atoms with Crippen molar-refractivity contribution in [2.75, 3.05) is 13.1 Å². The molecule has 6 nitrogen and oxygen atoms in total. The summed E-state index contributed by atoms with van der Waals surface area (Å²) < 4.78 is 33.7. The summed E-state index contributed by atoms with van der Waals surface area (Å²) >= 11 is 0. The van der Waals surface area contributed by atoms with Gasteiger partial charge in [0.1, 0.15) is 12.4 Å². The Morgan fingerprint density at radius 2 is 1.92 bits per heavy atom. The van der Waals surface area contributed by atoms with E-state index in [0.717, 1.165) is 29.5 Å². The third-order valence-corrected chi connectivity index (χ3v) is 6.56. The molecule has 0 saturated carbocycles. The van der Waals surface area contributed by atoms with Gasteiger partial charge in [-0.05, 0) is 44.7 Å². The maximum atomic E-state index is 13.2. The van der Waals surface area contributed by atoms with Crippen molar-refractivity contribution in [2.24, 2.45) is 0 Å². The van der Waals surface area contributed by atoms with Crippen LogP contribution in [0.15, 0.2) is 35.6 Å². The van der Waals surface area contributed by atoms with Gasteiger partial charge in [0, 0.05) is 18.8 Å². The second kappa shape index (κ2) is 7.09. The molecule has 134 valence electrons. The van der Waals surface area contributed by atoms with Gasteiger partial charge in [0.05, 0.1) is 11.4 Å². The minimum atomic E-state index is -3.54. The maximum Gasteiger partial charge on any atom is 0.243 e. The van der Waals surface area contributed by atoms with E-state index < -0.39 is 10.0 Å². The van der Waals surface area contributed by atoms with Crippen LogP contribution in [0.5, 0.6) is 5.88 Å². The molecule has 1 fully saturated rings. The van der Waals surface area contributed by atoms with Gasteiger partial charge in [0.15, 0.2) is 0 Å². The van der Waals surface area contributed by atoms with Crippen LogP contribution in [0.1, 0.15) is 29.5 Å². The monoisotopic (exact) mass is 361 g/mol. The van der Waals surface area contributed by atoms with Gasteiger partial charge < -0.3 is 4.74 Å². The highest BCUT2D eigenvalue weighted by Gasteiger charge is 2.33. The molecule has 1 aliphatic heterocycles. The lowest BCUT2D eigenvalue weighted by Gasteiger charge is -2.32. The molecule has 0 spiro atoms. The summed E-state index contributed by atoms with van der Waals surface area (Å²) in [6.45, 7) is 6.53. The number of sulfonamides is 1. The van der Waals surface area contributed by atoms with Crippen LogP contribution >= 0.6 is 0 Å². The highest BCUT2D eigenvalue weighted by Crippen LogP contribution is 2.28. The molecule has 0 N–H and O–H groups in total. The Labute approximate surface area is 148 Å². The molecule has 0 amide bonds. The third-order valence-electron chi connectivity index (χ3n) is 4.39. The van der Waals surface area contributed by atoms with Crippen LogP contribution in [0, 0.1) is 20.8 Å². The molecule has 0 bridgehead atoms. The fourth-order valence-corrected chi connectivity index (χ4v) is 5.36. The predicted octanol–water partition coefficient (Wildman–Crippen LogP) is 2.63. The summed E-state index contributed by atoms with van der Waals surface area (Å²) in [4.78, 5) is 8.33. The van der Waals surface area contributed by atoms with Crippen molar-refractivity contribution in [3.8, 4) is 5.88 Å². The van der Waals surface area contributed by atoms with Crippen molar-refractivity contribution in [3.63, 3.8) is 0 Å². The number of ether oxygens (including phenoxy) is 1. The molecule has 2 heterocycles. The minimum Gasteiger partial charge on any atom is -0.473 e. The van der Waals surface area contributed by atoms with Crippen molar-refractivity contribution in [3.05, 3.63) is 47.4 Å². The lowest BCUT2D eigenvalue weighted by molar-refractivity contribution is 0.124. The van der Waals surface area contributed by atoms with Crippen molar-refractivity contribution >= 4 is 10.0 Å². The number of piperidine rings is 1. The summed E-state index contributed by atoms with van der Waals surface area (Å²) in [6.07, 6.45) is 4.40. The number of hydrogen-bond acceptors (Lipinski definition) is 5. The molecule has 25 heavy (non-hydrogen) atoms. The molecule has 1 aromatic heterocycles. The quantitative estimate of drug-likeness (QED) is 0.837. The number of aromatic nitrogens is 2. The zero-order valence-electron chi connectivity index (χ0n) is 14.8. The summed E-state index contributed by atoms with van der Waals surface area (Å²) in [7, 11) is -3.54. The number of aryl methyl sites for hydroxylation is 3. The number of hydrogen-bond donors (Lipinski definition) is 0. The smallest absolute Gasteiger partial charge is 0.243 e. The predicted molar refractivity (Wildman–Crippen MR) is 95.1 cm³/mol. The van der Waals surface area contributed by atoms with Gasteiger partial charge in [0.25, 0.3) is 0 Å². The molecule has 1 aromatic carbocycles. The molecular weight excluding hydrogens is 338 g/mol. The molecule has 0 aliphatic carbocycles. The molecule has 3 rings (SSSR count). The molecule has 1 aliphatic rings. The zero-order valence-corrected chi connectivity index (χ0v) is 15.6. The van der Waals surface area contributed by atoms with E-state index >= 15 is 0 Å². The van der Waals surface area contributed by atoms with Gasteiger partial charge in [0.2, 0.25) is 15.9 Å². The van der Waals surface area contributed by atoms with Crippen LogP contribution in [-0.4, -0.2) is 41.9 Å². The SMILES string of the molecule is Cc1cc(C)c(S(=O)(=O)N2CCCC(Oc3ccncn3)C2)c(C)c1. The van der Waals surface area contributed by atoms with E-state index in [2.05, 4.69) is 9.97 Å². The molecule has 1 saturated heterocycles. The largest absolute Gasteiger partial charge is 0.473 e. The van der Waals surface area contributed by atoms with Crippen molar-refractivity contribution < 1.29 is 13.2 Å². The van der Waals surface area contributed by atoms with Crippen LogP contribution in [0.25, 0.3) is 0 Å². The summed E-state index contributed by atoms with van der Waals surface area (Å²) in [6, 6.07) is 5.51. The second-order valence-electron chi connectivity index (χ2n) is 6.52. The third kappa shape index (κ3) is 3.82. The van der Waals surface area contributed by atoms with Crippen LogP contribution in [-0.2, 0) is 10.0 Å². The van der Waals surface area contributed by atoms with E-state index in [4.69, 9.17) is 4.74 Å². The zero-order chi connectivity index (χ0) is 18.0. The maximum absolute atomic E-state index is 13.2. The van der Waals surface area contributed by atoms with Gasteiger partial charge >= 0.3 is 0 Å². The van der Waals surface area contributed by atoms with Crippen LogP contribution in [0.4, 0.5) is 0 Å². The standard InChI is InChI=1S/C18H23N3O3S/c1-13-9-14(2)18(15(3)10-13)25(22,23)21-8-4-5-16(11-21)24-17-6-7-19-12-20-17/h6-7,9-10,12,16H,4-5,8,11H2,1-3H3. The highest BCUT2D eigenvalue weighted by molar-refractivity contribution is 7.89. The Hall–Kier alpha value is -1.99. The van der Waals surface area contributed by atoms with Gasteiger partial charge in [-0.1, -0.05) is 17.7 Å². The summed E-state index contributed by atoms with van der Waals surface area (Å²) in [5.41, 5.74) is 2.64. The molecule has 1 atom stereocenters. The lowest BCUT2D eigenvalue weighted by Crippen LogP contribution is -2.44. The molecule has 0 radical (unpaired) electrons. The highest BCUT2D eigenvalue weighted by atomic mass is 32.2. The average Bonchev–Trinajstić information content (AvgIpc) is 2.55. The fourth-order valence-electron chi connectivity index (χ4n) is 3.44. The Bertz CT molecular complexity index is 830. The van der Waals surface area contributed by atoms with Gasteiger partial charge in [-0.2, -0.15) is 4.31 Å². The molecule has 2 aromatic rings.